The van der Waals surface area contributed by atoms with Gasteiger partial charge in [-0.05, 0) is 37.8 Å². The summed E-state index contributed by atoms with van der Waals surface area (Å²) in [6, 6.07) is 6.19. The van der Waals surface area contributed by atoms with Gasteiger partial charge in [0.05, 0.1) is 6.61 Å². The van der Waals surface area contributed by atoms with Crippen molar-refractivity contribution in [2.45, 2.75) is 18.7 Å². The van der Waals surface area contributed by atoms with Gasteiger partial charge >= 0.3 is 0 Å². The molecule has 0 bridgehead atoms. The molecule has 0 spiro atoms. The van der Waals surface area contributed by atoms with E-state index >= 15 is 0 Å². The van der Waals surface area contributed by atoms with Gasteiger partial charge in [0, 0.05) is 4.90 Å². The second-order valence-electron chi connectivity index (χ2n) is 2.56. The lowest BCUT2D eigenvalue weighted by Crippen LogP contribution is -1.91. The van der Waals surface area contributed by atoms with Crippen LogP contribution in [0.4, 0.5) is 0 Å². The Morgan fingerprint density at radius 3 is 2.75 bits per heavy atom. The normalized spacial score (nSPS) is 9.92. The minimum atomic E-state index is 0.733. The summed E-state index contributed by atoms with van der Waals surface area (Å²) in [6.07, 6.45) is 2.08. The molecule has 0 aliphatic heterocycles. The van der Waals surface area contributed by atoms with Crippen molar-refractivity contribution in [3.05, 3.63) is 23.8 Å². The van der Waals surface area contributed by atoms with Crippen molar-refractivity contribution in [3.8, 4) is 5.75 Å². The number of hydrogen-bond acceptors (Lipinski definition) is 2. The Morgan fingerprint density at radius 2 is 2.17 bits per heavy atom. The Bertz CT molecular complexity index is 258. The Morgan fingerprint density at radius 1 is 1.42 bits per heavy atom. The van der Waals surface area contributed by atoms with Crippen LogP contribution in [0, 0.1) is 6.92 Å². The predicted molar refractivity (Wildman–Crippen MR) is 54.1 cm³/mol. The molecule has 12 heavy (non-hydrogen) atoms. The molecule has 0 fully saturated rings. The summed E-state index contributed by atoms with van der Waals surface area (Å²) in [5.41, 5.74) is 1.31. The first kappa shape index (κ1) is 9.46. The quantitative estimate of drug-likeness (QED) is 0.664. The third-order valence-electron chi connectivity index (χ3n) is 1.69. The summed E-state index contributed by atoms with van der Waals surface area (Å²) in [5.74, 6) is 0.965. The van der Waals surface area contributed by atoms with Crippen molar-refractivity contribution >= 4 is 11.8 Å². The lowest BCUT2D eigenvalue weighted by atomic mass is 10.2. The van der Waals surface area contributed by atoms with Crippen molar-refractivity contribution in [2.24, 2.45) is 0 Å². The summed E-state index contributed by atoms with van der Waals surface area (Å²) in [6.45, 7) is 4.84. The van der Waals surface area contributed by atoms with Crippen LogP contribution in [0.15, 0.2) is 23.1 Å². The van der Waals surface area contributed by atoms with Gasteiger partial charge in [-0.25, -0.2) is 0 Å². The summed E-state index contributed by atoms with van der Waals surface area (Å²) in [7, 11) is 0. The molecule has 66 valence electrons. The fourth-order valence-electron chi connectivity index (χ4n) is 1.06. The molecule has 0 saturated heterocycles. The Labute approximate surface area is 78.1 Å². The van der Waals surface area contributed by atoms with Gasteiger partial charge in [0.1, 0.15) is 5.75 Å². The third kappa shape index (κ3) is 2.18. The topological polar surface area (TPSA) is 9.23 Å². The molecular formula is C10H14OS. The monoisotopic (exact) mass is 182 g/mol. The fraction of sp³-hybridized carbons (Fsp3) is 0.400. The SMILES string of the molecule is CCOc1ccc(C)c(SC)c1. The van der Waals surface area contributed by atoms with E-state index in [9.17, 15) is 0 Å². The zero-order valence-corrected chi connectivity index (χ0v) is 8.57. The largest absolute Gasteiger partial charge is 0.494 e. The maximum absolute atomic E-state index is 5.39. The minimum absolute atomic E-state index is 0.733. The molecular weight excluding hydrogens is 168 g/mol. The fourth-order valence-corrected chi connectivity index (χ4v) is 1.68. The highest BCUT2D eigenvalue weighted by molar-refractivity contribution is 7.98. The van der Waals surface area contributed by atoms with Crippen LogP contribution in [0.3, 0.4) is 0 Å². The van der Waals surface area contributed by atoms with Crippen LogP contribution in [-0.2, 0) is 0 Å². The molecule has 2 heteroatoms. The molecule has 0 saturated carbocycles. The number of aryl methyl sites for hydroxylation is 1. The van der Waals surface area contributed by atoms with Crippen LogP contribution >= 0.6 is 11.8 Å². The van der Waals surface area contributed by atoms with Crippen LogP contribution in [0.5, 0.6) is 5.75 Å². The van der Waals surface area contributed by atoms with Gasteiger partial charge in [-0.2, -0.15) is 0 Å². The van der Waals surface area contributed by atoms with Crippen LogP contribution in [-0.4, -0.2) is 12.9 Å². The summed E-state index contributed by atoms with van der Waals surface area (Å²) < 4.78 is 5.39. The molecule has 1 nitrogen and oxygen atoms in total. The van der Waals surface area contributed by atoms with Gasteiger partial charge in [-0.1, -0.05) is 6.07 Å². The maximum Gasteiger partial charge on any atom is 0.120 e. The van der Waals surface area contributed by atoms with Gasteiger partial charge in [-0.3, -0.25) is 0 Å². The van der Waals surface area contributed by atoms with Gasteiger partial charge in [0.2, 0.25) is 0 Å². The molecule has 0 aliphatic rings. The molecule has 0 aliphatic carbocycles. The van der Waals surface area contributed by atoms with E-state index in [4.69, 9.17) is 4.74 Å². The summed E-state index contributed by atoms with van der Waals surface area (Å²) >= 11 is 1.76. The van der Waals surface area contributed by atoms with Gasteiger partial charge in [0.25, 0.3) is 0 Å². The molecule has 0 heterocycles. The highest BCUT2D eigenvalue weighted by Crippen LogP contribution is 2.24. The lowest BCUT2D eigenvalue weighted by Gasteiger charge is -2.06. The van der Waals surface area contributed by atoms with Crippen LogP contribution < -0.4 is 4.74 Å². The highest BCUT2D eigenvalue weighted by Gasteiger charge is 1.98. The van der Waals surface area contributed by atoms with Crippen LogP contribution in [0.25, 0.3) is 0 Å². The van der Waals surface area contributed by atoms with Crippen molar-refractivity contribution in [1.29, 1.82) is 0 Å². The molecule has 1 aromatic rings. The van der Waals surface area contributed by atoms with Crippen LogP contribution in [0.2, 0.25) is 0 Å². The molecule has 1 aromatic carbocycles. The lowest BCUT2D eigenvalue weighted by molar-refractivity contribution is 0.339. The maximum atomic E-state index is 5.39. The van der Waals surface area contributed by atoms with E-state index in [0.717, 1.165) is 12.4 Å². The van der Waals surface area contributed by atoms with E-state index < -0.39 is 0 Å². The molecule has 0 N–H and O–H groups in total. The first-order valence-electron chi connectivity index (χ1n) is 4.05. The van der Waals surface area contributed by atoms with Crippen molar-refractivity contribution in [3.63, 3.8) is 0 Å². The van der Waals surface area contributed by atoms with Gasteiger partial charge in [-0.15, -0.1) is 11.8 Å². The highest BCUT2D eigenvalue weighted by atomic mass is 32.2. The molecule has 1 rings (SSSR count). The molecule has 0 aromatic heterocycles. The smallest absolute Gasteiger partial charge is 0.120 e. The zero-order chi connectivity index (χ0) is 8.97. The Kier molecular flexibility index (Phi) is 3.48. The zero-order valence-electron chi connectivity index (χ0n) is 7.76. The molecule has 0 radical (unpaired) electrons. The number of ether oxygens (including phenoxy) is 1. The molecule has 0 unspecified atom stereocenters. The van der Waals surface area contributed by atoms with E-state index in [1.165, 1.54) is 10.5 Å². The Hall–Kier alpha value is -0.630. The minimum Gasteiger partial charge on any atom is -0.494 e. The van der Waals surface area contributed by atoms with Crippen molar-refractivity contribution in [1.82, 2.24) is 0 Å². The van der Waals surface area contributed by atoms with Gasteiger partial charge < -0.3 is 4.74 Å². The second-order valence-corrected chi connectivity index (χ2v) is 3.41. The van der Waals surface area contributed by atoms with E-state index in [1.807, 2.05) is 13.0 Å². The van der Waals surface area contributed by atoms with Gasteiger partial charge in [0.15, 0.2) is 0 Å². The summed E-state index contributed by atoms with van der Waals surface area (Å²) in [4.78, 5) is 1.29. The molecule has 0 atom stereocenters. The predicted octanol–water partition coefficient (Wildman–Crippen LogP) is 3.12. The second kappa shape index (κ2) is 4.41. The number of benzene rings is 1. The van der Waals surface area contributed by atoms with E-state index in [0.29, 0.717) is 0 Å². The number of rotatable bonds is 3. The van der Waals surface area contributed by atoms with E-state index in [1.54, 1.807) is 11.8 Å². The Balaban J connectivity index is 2.89. The standard InChI is InChI=1S/C10H14OS/c1-4-11-9-6-5-8(2)10(7-9)12-3/h5-7H,4H2,1-3H3. The van der Waals surface area contributed by atoms with Crippen LogP contribution in [0.1, 0.15) is 12.5 Å². The average molecular weight is 182 g/mol. The van der Waals surface area contributed by atoms with Crippen molar-refractivity contribution < 1.29 is 4.74 Å². The van der Waals surface area contributed by atoms with Crippen molar-refractivity contribution in [2.75, 3.05) is 12.9 Å². The van der Waals surface area contributed by atoms with E-state index in [-0.39, 0.29) is 0 Å². The van der Waals surface area contributed by atoms with E-state index in [2.05, 4.69) is 25.3 Å². The number of hydrogen-bond donors (Lipinski definition) is 0. The number of thioether (sulfide) groups is 1. The first-order valence-corrected chi connectivity index (χ1v) is 5.28. The average Bonchev–Trinajstić information content (AvgIpc) is 2.09. The third-order valence-corrected chi connectivity index (χ3v) is 2.57. The first-order chi connectivity index (χ1) is 5.77. The summed E-state index contributed by atoms with van der Waals surface area (Å²) in [5, 5.41) is 0. The molecule has 0 amide bonds.